The van der Waals surface area contributed by atoms with Crippen molar-refractivity contribution in [1.29, 1.82) is 5.26 Å². The Morgan fingerprint density at radius 1 is 1.27 bits per heavy atom. The molecule has 0 atom stereocenters. The maximum Gasteiger partial charge on any atom is 0.286 e. The van der Waals surface area contributed by atoms with E-state index in [0.717, 1.165) is 6.54 Å². The van der Waals surface area contributed by atoms with Gasteiger partial charge in [-0.2, -0.15) is 10.4 Å². The summed E-state index contributed by atoms with van der Waals surface area (Å²) in [5.41, 5.74) is 3.64. The first-order chi connectivity index (χ1) is 10.4. The third-order valence-electron chi connectivity index (χ3n) is 3.83. The van der Waals surface area contributed by atoms with Gasteiger partial charge in [-0.15, -0.1) is 0 Å². The van der Waals surface area contributed by atoms with Crippen LogP contribution in [0.15, 0.2) is 29.1 Å². The van der Waals surface area contributed by atoms with Gasteiger partial charge < -0.3 is 0 Å². The van der Waals surface area contributed by atoms with E-state index in [2.05, 4.69) is 24.2 Å². The Hall–Kier alpha value is -2.45. The summed E-state index contributed by atoms with van der Waals surface area (Å²) in [6, 6.07) is 10.1. The lowest BCUT2D eigenvalue weighted by atomic mass is 10.1. The van der Waals surface area contributed by atoms with E-state index in [1.54, 1.807) is 6.92 Å². The smallest absolute Gasteiger partial charge is 0.283 e. The van der Waals surface area contributed by atoms with E-state index in [0.29, 0.717) is 17.9 Å². The van der Waals surface area contributed by atoms with Crippen molar-refractivity contribution in [1.82, 2.24) is 14.7 Å². The molecule has 0 fully saturated rings. The fourth-order valence-electron chi connectivity index (χ4n) is 2.36. The van der Waals surface area contributed by atoms with Gasteiger partial charge in [0.2, 0.25) is 0 Å². The number of nitrogens with zero attached hydrogens (tertiary/aromatic N) is 4. The Morgan fingerprint density at radius 3 is 2.59 bits per heavy atom. The molecule has 0 radical (unpaired) electrons. The lowest BCUT2D eigenvalue weighted by molar-refractivity contribution is 0.238. The predicted molar refractivity (Wildman–Crippen MR) is 85.3 cm³/mol. The zero-order valence-electron chi connectivity index (χ0n) is 13.4. The molecule has 1 aromatic heterocycles. The van der Waals surface area contributed by atoms with E-state index in [1.807, 2.05) is 37.1 Å². The van der Waals surface area contributed by atoms with Crippen molar-refractivity contribution >= 4 is 0 Å². The molecule has 5 heteroatoms. The van der Waals surface area contributed by atoms with Crippen LogP contribution >= 0.6 is 0 Å². The topological polar surface area (TPSA) is 61.9 Å². The molecule has 1 aromatic carbocycles. The Morgan fingerprint density at radius 2 is 1.95 bits per heavy atom. The summed E-state index contributed by atoms with van der Waals surface area (Å²) in [5, 5.41) is 13.4. The van der Waals surface area contributed by atoms with Crippen LogP contribution in [0, 0.1) is 32.1 Å². The molecule has 5 nitrogen and oxygen atoms in total. The normalized spacial score (nSPS) is 10.7. The van der Waals surface area contributed by atoms with Crippen LogP contribution in [0.5, 0.6) is 0 Å². The fourth-order valence-corrected chi connectivity index (χ4v) is 2.36. The number of hydrogen-bond acceptors (Lipinski definition) is 4. The number of rotatable bonds is 4. The minimum absolute atomic E-state index is 0.178. The fraction of sp³-hybridized carbons (Fsp3) is 0.353. The van der Waals surface area contributed by atoms with E-state index in [9.17, 15) is 4.79 Å². The van der Waals surface area contributed by atoms with Crippen LogP contribution in [0.25, 0.3) is 0 Å². The summed E-state index contributed by atoms with van der Waals surface area (Å²) in [5.74, 6) is 0. The second-order valence-corrected chi connectivity index (χ2v) is 5.58. The van der Waals surface area contributed by atoms with E-state index < -0.39 is 0 Å². The average Bonchev–Trinajstić information content (AvgIpc) is 2.48. The van der Waals surface area contributed by atoms with Crippen LogP contribution in [0.1, 0.15) is 27.9 Å². The molecule has 0 aliphatic rings. The zero-order chi connectivity index (χ0) is 16.3. The predicted octanol–water partition coefficient (Wildman–Crippen LogP) is 2.13. The zero-order valence-corrected chi connectivity index (χ0v) is 13.4. The van der Waals surface area contributed by atoms with Gasteiger partial charge in [-0.05, 0) is 44.5 Å². The first-order valence-corrected chi connectivity index (χ1v) is 7.15. The lowest BCUT2D eigenvalue weighted by Crippen LogP contribution is -2.34. The van der Waals surface area contributed by atoms with Crippen molar-refractivity contribution < 1.29 is 0 Å². The van der Waals surface area contributed by atoms with Gasteiger partial charge in [0, 0.05) is 6.54 Å². The number of nitriles is 1. The van der Waals surface area contributed by atoms with Gasteiger partial charge >= 0.3 is 0 Å². The standard InChI is InChI=1S/C17H20N4O/c1-12-7-5-6-8-15(12)10-20(4)11-21-17(22)16(9-18)13(2)14(3)19-21/h5-8H,10-11H2,1-4H3. The van der Waals surface area contributed by atoms with Gasteiger partial charge in [0.15, 0.2) is 0 Å². The maximum atomic E-state index is 12.3. The first-order valence-electron chi connectivity index (χ1n) is 7.15. The van der Waals surface area contributed by atoms with Gasteiger partial charge in [-0.3, -0.25) is 9.69 Å². The van der Waals surface area contributed by atoms with Crippen LogP contribution in [0.4, 0.5) is 0 Å². The number of aryl methyl sites for hydroxylation is 2. The van der Waals surface area contributed by atoms with Crippen molar-refractivity contribution in [2.75, 3.05) is 7.05 Å². The maximum absolute atomic E-state index is 12.3. The largest absolute Gasteiger partial charge is 0.286 e. The molecule has 0 saturated carbocycles. The summed E-state index contributed by atoms with van der Waals surface area (Å²) in [6.45, 7) is 6.70. The Balaban J connectivity index is 2.25. The molecule has 22 heavy (non-hydrogen) atoms. The van der Waals surface area contributed by atoms with Crippen LogP contribution in [-0.2, 0) is 13.2 Å². The van der Waals surface area contributed by atoms with Crippen LogP contribution in [0.2, 0.25) is 0 Å². The van der Waals surface area contributed by atoms with Gasteiger partial charge in [0.1, 0.15) is 11.6 Å². The van der Waals surface area contributed by atoms with Crippen molar-refractivity contribution in [2.45, 2.75) is 34.0 Å². The van der Waals surface area contributed by atoms with E-state index in [1.165, 1.54) is 15.8 Å². The molecular formula is C17H20N4O. The van der Waals surface area contributed by atoms with Crippen molar-refractivity contribution in [2.24, 2.45) is 0 Å². The summed E-state index contributed by atoms with van der Waals surface area (Å²) in [4.78, 5) is 14.3. The van der Waals surface area contributed by atoms with Crippen LogP contribution in [-0.4, -0.2) is 21.7 Å². The molecule has 2 rings (SSSR count). The summed E-state index contributed by atoms with van der Waals surface area (Å²) >= 11 is 0. The quantitative estimate of drug-likeness (QED) is 0.867. The van der Waals surface area contributed by atoms with Gasteiger partial charge in [-0.25, -0.2) is 4.68 Å². The third kappa shape index (κ3) is 3.23. The summed E-state index contributed by atoms with van der Waals surface area (Å²) in [7, 11) is 1.93. The van der Waals surface area contributed by atoms with Crippen molar-refractivity contribution in [3.63, 3.8) is 0 Å². The highest BCUT2D eigenvalue weighted by Crippen LogP contribution is 2.10. The minimum atomic E-state index is -0.331. The number of aromatic nitrogens is 2. The Labute approximate surface area is 130 Å². The van der Waals surface area contributed by atoms with Crippen molar-refractivity contribution in [3.05, 3.63) is 62.6 Å². The molecule has 0 saturated heterocycles. The average molecular weight is 296 g/mol. The second kappa shape index (κ2) is 6.54. The first kappa shape index (κ1) is 15.9. The van der Waals surface area contributed by atoms with E-state index >= 15 is 0 Å². The molecule has 114 valence electrons. The molecule has 0 unspecified atom stereocenters. The molecular weight excluding hydrogens is 276 g/mol. The highest BCUT2D eigenvalue weighted by molar-refractivity contribution is 5.36. The molecule has 0 bridgehead atoms. The molecule has 1 heterocycles. The SMILES string of the molecule is Cc1ccccc1CN(C)Cn1nc(C)c(C)c(C#N)c1=O. The lowest BCUT2D eigenvalue weighted by Gasteiger charge is -2.19. The number of benzene rings is 1. The van der Waals surface area contributed by atoms with Gasteiger partial charge in [0.05, 0.1) is 12.4 Å². The monoisotopic (exact) mass is 296 g/mol. The number of hydrogen-bond donors (Lipinski definition) is 0. The molecule has 0 aliphatic carbocycles. The van der Waals surface area contributed by atoms with Gasteiger partial charge in [0.25, 0.3) is 5.56 Å². The molecule has 2 aromatic rings. The molecule has 0 aliphatic heterocycles. The second-order valence-electron chi connectivity index (χ2n) is 5.58. The van der Waals surface area contributed by atoms with Gasteiger partial charge in [-0.1, -0.05) is 24.3 Å². The molecule has 0 amide bonds. The molecule has 0 N–H and O–H groups in total. The van der Waals surface area contributed by atoms with Crippen LogP contribution < -0.4 is 5.56 Å². The van der Waals surface area contributed by atoms with E-state index in [4.69, 9.17) is 5.26 Å². The Kier molecular flexibility index (Phi) is 4.74. The van der Waals surface area contributed by atoms with Crippen LogP contribution in [0.3, 0.4) is 0 Å². The highest BCUT2D eigenvalue weighted by atomic mass is 16.1. The minimum Gasteiger partial charge on any atom is -0.283 e. The summed E-state index contributed by atoms with van der Waals surface area (Å²) < 4.78 is 1.36. The van der Waals surface area contributed by atoms with Crippen molar-refractivity contribution in [3.8, 4) is 6.07 Å². The third-order valence-corrected chi connectivity index (χ3v) is 3.83. The summed E-state index contributed by atoms with van der Waals surface area (Å²) in [6.07, 6.45) is 0. The molecule has 0 spiro atoms. The Bertz CT molecular complexity index is 786. The highest BCUT2D eigenvalue weighted by Gasteiger charge is 2.13. The van der Waals surface area contributed by atoms with E-state index in [-0.39, 0.29) is 11.1 Å².